The van der Waals surface area contributed by atoms with E-state index in [9.17, 15) is 13.2 Å². The lowest BCUT2D eigenvalue weighted by atomic mass is 10.2. The summed E-state index contributed by atoms with van der Waals surface area (Å²) in [6.07, 6.45) is 0. The molecule has 94 valence electrons. The van der Waals surface area contributed by atoms with Crippen LogP contribution in [0.25, 0.3) is 0 Å². The van der Waals surface area contributed by atoms with Gasteiger partial charge in [0.25, 0.3) is 10.0 Å². The van der Waals surface area contributed by atoms with Gasteiger partial charge in [-0.2, -0.15) is 0 Å². The van der Waals surface area contributed by atoms with E-state index in [2.05, 4.69) is 9.57 Å². The number of nitrogens with zero attached hydrogens (tertiary/aromatic N) is 1. The average molecular weight is 259 g/mol. The number of esters is 1. The van der Waals surface area contributed by atoms with Gasteiger partial charge in [-0.1, -0.05) is 16.6 Å². The van der Waals surface area contributed by atoms with Gasteiger partial charge >= 0.3 is 5.97 Å². The first-order valence-electron chi connectivity index (χ1n) is 4.65. The Labute approximate surface area is 99.8 Å². The second kappa shape index (κ2) is 5.26. The number of hydrogen-bond donors (Lipinski definition) is 0. The third-order valence-electron chi connectivity index (χ3n) is 2.17. The highest BCUT2D eigenvalue weighted by Gasteiger charge is 2.26. The lowest BCUT2D eigenvalue weighted by molar-refractivity contribution is -0.0259. The van der Waals surface area contributed by atoms with Crippen LogP contribution < -0.4 is 0 Å². The van der Waals surface area contributed by atoms with Gasteiger partial charge in [0.1, 0.15) is 0 Å². The van der Waals surface area contributed by atoms with Gasteiger partial charge in [0.2, 0.25) is 0 Å². The van der Waals surface area contributed by atoms with Crippen molar-refractivity contribution in [2.75, 3.05) is 21.3 Å². The molecule has 0 spiro atoms. The van der Waals surface area contributed by atoms with Crippen molar-refractivity contribution in [2.45, 2.75) is 4.90 Å². The highest BCUT2D eigenvalue weighted by Crippen LogP contribution is 2.19. The number of rotatable bonds is 4. The van der Waals surface area contributed by atoms with Crippen molar-refractivity contribution in [2.24, 2.45) is 0 Å². The predicted octanol–water partition coefficient (Wildman–Crippen LogP) is 0.655. The molecule has 0 saturated heterocycles. The van der Waals surface area contributed by atoms with Crippen LogP contribution in [0.2, 0.25) is 0 Å². The summed E-state index contributed by atoms with van der Waals surface area (Å²) in [6, 6.07) is 5.76. The molecular formula is C10H13NO5S. The summed E-state index contributed by atoms with van der Waals surface area (Å²) in [5.74, 6) is -0.714. The van der Waals surface area contributed by atoms with Crippen LogP contribution in [-0.2, 0) is 19.6 Å². The summed E-state index contributed by atoms with van der Waals surface area (Å²) < 4.78 is 29.2. The zero-order chi connectivity index (χ0) is 13.1. The zero-order valence-electron chi connectivity index (χ0n) is 9.71. The molecule has 0 aliphatic carbocycles. The quantitative estimate of drug-likeness (QED) is 0.586. The summed E-state index contributed by atoms with van der Waals surface area (Å²) in [4.78, 5) is 15.9. The molecule has 1 aromatic carbocycles. The number of ether oxygens (including phenoxy) is 1. The van der Waals surface area contributed by atoms with Crippen LogP contribution in [-0.4, -0.2) is 40.1 Å². The molecule has 0 heterocycles. The number of hydrogen-bond acceptors (Lipinski definition) is 5. The maximum atomic E-state index is 12.0. The Balaban J connectivity index is 3.37. The van der Waals surface area contributed by atoms with E-state index < -0.39 is 16.0 Å². The van der Waals surface area contributed by atoms with Crippen LogP contribution in [0, 0.1) is 0 Å². The first kappa shape index (κ1) is 13.6. The van der Waals surface area contributed by atoms with Crippen molar-refractivity contribution in [3.63, 3.8) is 0 Å². The Morgan fingerprint density at radius 3 is 2.35 bits per heavy atom. The second-order valence-electron chi connectivity index (χ2n) is 3.09. The van der Waals surface area contributed by atoms with Gasteiger partial charge in [0.15, 0.2) is 0 Å². The minimum absolute atomic E-state index is 0.0288. The molecule has 7 heteroatoms. The maximum absolute atomic E-state index is 12.0. The lowest BCUT2D eigenvalue weighted by Gasteiger charge is -2.15. The molecule has 1 rings (SSSR count). The largest absolute Gasteiger partial charge is 0.465 e. The maximum Gasteiger partial charge on any atom is 0.339 e. The predicted molar refractivity (Wildman–Crippen MR) is 59.7 cm³/mol. The van der Waals surface area contributed by atoms with E-state index >= 15 is 0 Å². The van der Waals surface area contributed by atoms with Gasteiger partial charge in [-0.05, 0) is 12.1 Å². The van der Waals surface area contributed by atoms with E-state index in [0.29, 0.717) is 4.47 Å². The van der Waals surface area contributed by atoms with E-state index in [1.54, 1.807) is 6.07 Å². The van der Waals surface area contributed by atoms with Crippen LogP contribution >= 0.6 is 0 Å². The fraction of sp³-hybridized carbons (Fsp3) is 0.300. The van der Waals surface area contributed by atoms with Gasteiger partial charge in [-0.3, -0.25) is 4.84 Å². The van der Waals surface area contributed by atoms with Crippen molar-refractivity contribution in [1.29, 1.82) is 0 Å². The Hall–Kier alpha value is -1.44. The van der Waals surface area contributed by atoms with Gasteiger partial charge in [0, 0.05) is 7.05 Å². The normalized spacial score (nSPS) is 11.5. The molecule has 0 aliphatic rings. The Morgan fingerprint density at radius 1 is 1.24 bits per heavy atom. The van der Waals surface area contributed by atoms with Gasteiger partial charge in [-0.15, -0.1) is 0 Å². The van der Waals surface area contributed by atoms with Crippen LogP contribution in [0.15, 0.2) is 29.2 Å². The molecule has 17 heavy (non-hydrogen) atoms. The summed E-state index contributed by atoms with van der Waals surface area (Å²) in [5.41, 5.74) is -0.0288. The van der Waals surface area contributed by atoms with Gasteiger partial charge < -0.3 is 4.74 Å². The topological polar surface area (TPSA) is 72.9 Å². The smallest absolute Gasteiger partial charge is 0.339 e. The summed E-state index contributed by atoms with van der Waals surface area (Å²) >= 11 is 0. The van der Waals surface area contributed by atoms with Crippen molar-refractivity contribution >= 4 is 16.0 Å². The van der Waals surface area contributed by atoms with E-state index in [4.69, 9.17) is 0 Å². The number of sulfonamides is 1. The fourth-order valence-corrected chi connectivity index (χ4v) is 2.36. The Bertz CT molecular complexity index is 511. The van der Waals surface area contributed by atoms with Gasteiger partial charge in [-0.25, -0.2) is 13.2 Å². The monoisotopic (exact) mass is 259 g/mol. The SMILES string of the molecule is COC(=O)c1ccccc1S(=O)(=O)N(C)OC. The summed E-state index contributed by atoms with van der Waals surface area (Å²) in [7, 11) is -0.218. The Morgan fingerprint density at radius 2 is 1.82 bits per heavy atom. The standard InChI is InChI=1S/C10H13NO5S/c1-11(16-3)17(13,14)9-7-5-4-6-8(9)10(12)15-2/h4-7H,1-3H3. The van der Waals surface area contributed by atoms with E-state index in [0.717, 1.165) is 0 Å². The molecule has 1 aromatic rings. The third kappa shape index (κ3) is 2.63. The minimum Gasteiger partial charge on any atom is -0.465 e. The molecular weight excluding hydrogens is 246 g/mol. The van der Waals surface area contributed by atoms with E-state index in [1.807, 2.05) is 0 Å². The molecule has 0 saturated carbocycles. The highest BCUT2D eigenvalue weighted by molar-refractivity contribution is 7.89. The number of methoxy groups -OCH3 is 1. The highest BCUT2D eigenvalue weighted by atomic mass is 32.2. The number of benzene rings is 1. The van der Waals surface area contributed by atoms with Crippen molar-refractivity contribution in [3.05, 3.63) is 29.8 Å². The number of carbonyl (C=O) groups is 1. The van der Waals surface area contributed by atoms with Crippen molar-refractivity contribution in [1.82, 2.24) is 4.47 Å². The second-order valence-corrected chi connectivity index (χ2v) is 4.99. The number of carbonyl (C=O) groups excluding carboxylic acids is 1. The van der Waals surface area contributed by atoms with E-state index in [-0.39, 0.29) is 10.5 Å². The fourth-order valence-electron chi connectivity index (χ4n) is 1.21. The lowest BCUT2D eigenvalue weighted by Crippen LogP contribution is -2.27. The Kier molecular flexibility index (Phi) is 4.22. The van der Waals surface area contributed by atoms with Crippen LogP contribution in [0.3, 0.4) is 0 Å². The molecule has 0 amide bonds. The average Bonchev–Trinajstić information content (AvgIpc) is 2.36. The first-order valence-corrected chi connectivity index (χ1v) is 6.09. The van der Waals surface area contributed by atoms with Crippen LogP contribution in [0.4, 0.5) is 0 Å². The summed E-state index contributed by atoms with van der Waals surface area (Å²) in [6.45, 7) is 0. The van der Waals surface area contributed by atoms with Crippen LogP contribution in [0.5, 0.6) is 0 Å². The van der Waals surface area contributed by atoms with Crippen molar-refractivity contribution < 1.29 is 22.8 Å². The molecule has 0 aromatic heterocycles. The first-order chi connectivity index (χ1) is 7.95. The third-order valence-corrected chi connectivity index (χ3v) is 3.90. The number of hydroxylamine groups is 1. The van der Waals surface area contributed by atoms with Crippen LogP contribution in [0.1, 0.15) is 10.4 Å². The molecule has 0 atom stereocenters. The van der Waals surface area contributed by atoms with Gasteiger partial charge in [0.05, 0.1) is 24.7 Å². The summed E-state index contributed by atoms with van der Waals surface area (Å²) in [5, 5.41) is 0. The molecule has 0 bridgehead atoms. The molecule has 0 N–H and O–H groups in total. The van der Waals surface area contributed by atoms with Crippen molar-refractivity contribution in [3.8, 4) is 0 Å². The molecule has 0 radical (unpaired) electrons. The molecule has 6 nitrogen and oxygen atoms in total. The molecule has 0 aliphatic heterocycles. The molecule has 0 unspecified atom stereocenters. The minimum atomic E-state index is -3.86. The van der Waals surface area contributed by atoms with E-state index in [1.165, 1.54) is 39.5 Å². The molecule has 0 fully saturated rings. The zero-order valence-corrected chi connectivity index (χ0v) is 10.5.